The van der Waals surface area contributed by atoms with Crippen molar-refractivity contribution in [3.8, 4) is 17.6 Å². The first-order valence-corrected chi connectivity index (χ1v) is 10.7. The number of hydrogen-bond donors (Lipinski definition) is 0. The van der Waals surface area contributed by atoms with E-state index in [1.165, 1.54) is 53.9 Å². The average Bonchev–Trinajstić information content (AvgIpc) is 2.74. The lowest BCUT2D eigenvalue weighted by molar-refractivity contribution is 0.0729. The molecule has 0 N–H and O–H groups in total. The highest BCUT2D eigenvalue weighted by molar-refractivity contribution is 7.89. The number of carbonyl (C=O) groups excluding carboxylic acids is 1. The molecule has 2 aromatic carbocycles. The highest BCUT2D eigenvalue weighted by Crippen LogP contribution is 2.29. The molecule has 0 amide bonds. The van der Waals surface area contributed by atoms with E-state index < -0.39 is 16.0 Å². The van der Waals surface area contributed by atoms with E-state index >= 15 is 0 Å². The van der Waals surface area contributed by atoms with E-state index in [-0.39, 0.29) is 22.0 Å². The van der Waals surface area contributed by atoms with Crippen LogP contribution in [0.3, 0.4) is 0 Å². The van der Waals surface area contributed by atoms with Gasteiger partial charge in [0.15, 0.2) is 11.5 Å². The number of methoxy groups -OCH3 is 1. The van der Waals surface area contributed by atoms with Crippen LogP contribution in [-0.2, 0) is 10.0 Å². The lowest BCUT2D eigenvalue weighted by Gasteiger charge is -2.29. The van der Waals surface area contributed by atoms with Crippen molar-refractivity contribution in [1.82, 2.24) is 4.31 Å². The molecule has 8 heteroatoms. The zero-order valence-corrected chi connectivity index (χ0v) is 17.1. The Balaban J connectivity index is 1.75. The Morgan fingerprint density at radius 2 is 1.76 bits per heavy atom. The van der Waals surface area contributed by atoms with Gasteiger partial charge in [0.05, 0.1) is 29.2 Å². The van der Waals surface area contributed by atoms with Gasteiger partial charge in [-0.2, -0.15) is 9.57 Å². The van der Waals surface area contributed by atoms with Gasteiger partial charge in [0.25, 0.3) is 0 Å². The summed E-state index contributed by atoms with van der Waals surface area (Å²) in [5, 5.41) is 8.94. The van der Waals surface area contributed by atoms with Gasteiger partial charge in [-0.25, -0.2) is 13.2 Å². The number of rotatable bonds is 5. The van der Waals surface area contributed by atoms with Crippen molar-refractivity contribution in [2.75, 3.05) is 20.2 Å². The first-order valence-electron chi connectivity index (χ1n) is 9.25. The number of hydrogen-bond acceptors (Lipinski definition) is 6. The molecule has 0 atom stereocenters. The van der Waals surface area contributed by atoms with Crippen LogP contribution in [-0.4, -0.2) is 38.9 Å². The molecule has 1 heterocycles. The van der Waals surface area contributed by atoms with E-state index in [9.17, 15) is 13.2 Å². The third-order valence-electron chi connectivity index (χ3n) is 4.97. The molecule has 152 valence electrons. The second-order valence-corrected chi connectivity index (χ2v) is 8.92. The Morgan fingerprint density at radius 3 is 2.34 bits per heavy atom. The molecule has 0 unspecified atom stereocenters. The molecule has 0 spiro atoms. The minimum Gasteiger partial charge on any atom is -0.493 e. The molecule has 0 aromatic heterocycles. The SMILES string of the molecule is COc1cc(C#N)ccc1OC(=O)c1ccc(S(=O)(=O)N2CCC(C)CC2)cc1. The highest BCUT2D eigenvalue weighted by Gasteiger charge is 2.28. The van der Waals surface area contributed by atoms with Gasteiger partial charge in [-0.15, -0.1) is 0 Å². The Bertz CT molecular complexity index is 1030. The summed E-state index contributed by atoms with van der Waals surface area (Å²) in [5.74, 6) is 0.313. The van der Waals surface area contributed by atoms with Crippen LogP contribution in [0.4, 0.5) is 0 Å². The van der Waals surface area contributed by atoms with Crippen molar-refractivity contribution in [2.45, 2.75) is 24.7 Å². The van der Waals surface area contributed by atoms with Crippen LogP contribution in [0.25, 0.3) is 0 Å². The maximum Gasteiger partial charge on any atom is 0.343 e. The molecular formula is C21H22N2O5S. The molecule has 1 fully saturated rings. The Morgan fingerprint density at radius 1 is 1.10 bits per heavy atom. The van der Waals surface area contributed by atoms with E-state index in [1.54, 1.807) is 0 Å². The van der Waals surface area contributed by atoms with Crippen LogP contribution in [0.5, 0.6) is 11.5 Å². The smallest absolute Gasteiger partial charge is 0.343 e. The van der Waals surface area contributed by atoms with Crippen molar-refractivity contribution in [3.63, 3.8) is 0 Å². The van der Waals surface area contributed by atoms with Crippen molar-refractivity contribution in [2.24, 2.45) is 5.92 Å². The van der Waals surface area contributed by atoms with Crippen molar-refractivity contribution < 1.29 is 22.7 Å². The summed E-state index contributed by atoms with van der Waals surface area (Å²) in [6, 6.07) is 12.1. The summed E-state index contributed by atoms with van der Waals surface area (Å²) in [7, 11) is -2.16. The molecule has 2 aromatic rings. The molecule has 1 saturated heterocycles. The van der Waals surface area contributed by atoms with Crippen molar-refractivity contribution in [3.05, 3.63) is 53.6 Å². The quantitative estimate of drug-likeness (QED) is 0.551. The lowest BCUT2D eigenvalue weighted by atomic mass is 10.0. The van der Waals surface area contributed by atoms with Gasteiger partial charge in [0.1, 0.15) is 0 Å². The topological polar surface area (TPSA) is 96.7 Å². The first-order chi connectivity index (χ1) is 13.8. The van der Waals surface area contributed by atoms with Crippen LogP contribution < -0.4 is 9.47 Å². The molecule has 1 aliphatic heterocycles. The fraction of sp³-hybridized carbons (Fsp3) is 0.333. The Hall–Kier alpha value is -2.89. The molecule has 0 bridgehead atoms. The number of nitriles is 1. The minimum absolute atomic E-state index is 0.152. The van der Waals surface area contributed by atoms with E-state index in [4.69, 9.17) is 14.7 Å². The largest absolute Gasteiger partial charge is 0.493 e. The minimum atomic E-state index is -3.57. The molecule has 7 nitrogen and oxygen atoms in total. The fourth-order valence-electron chi connectivity index (χ4n) is 3.12. The third kappa shape index (κ3) is 4.58. The van der Waals surface area contributed by atoms with Crippen LogP contribution in [0, 0.1) is 17.2 Å². The molecule has 1 aliphatic rings. The van der Waals surface area contributed by atoms with E-state index in [0.29, 0.717) is 24.6 Å². The van der Waals surface area contributed by atoms with Gasteiger partial charge in [0.2, 0.25) is 10.0 Å². The Labute approximate surface area is 170 Å². The molecule has 0 saturated carbocycles. The summed E-state index contributed by atoms with van der Waals surface area (Å²) in [6.07, 6.45) is 1.69. The number of benzene rings is 2. The maximum atomic E-state index is 12.8. The Kier molecular flexibility index (Phi) is 6.20. The summed E-state index contributed by atoms with van der Waals surface area (Å²) < 4.78 is 37.5. The molecule has 0 radical (unpaired) electrons. The van der Waals surface area contributed by atoms with Crippen LogP contribution in [0.1, 0.15) is 35.7 Å². The summed E-state index contributed by atoms with van der Waals surface area (Å²) in [4.78, 5) is 12.6. The average molecular weight is 414 g/mol. The predicted octanol–water partition coefficient (Wildman–Crippen LogP) is 3.21. The van der Waals surface area contributed by atoms with E-state index in [0.717, 1.165) is 12.8 Å². The second kappa shape index (κ2) is 8.64. The summed E-state index contributed by atoms with van der Waals surface area (Å²) in [5.41, 5.74) is 0.589. The van der Waals surface area contributed by atoms with Crippen molar-refractivity contribution in [1.29, 1.82) is 5.26 Å². The normalized spacial score (nSPS) is 15.5. The summed E-state index contributed by atoms with van der Waals surface area (Å²) in [6.45, 7) is 3.13. The molecule has 0 aliphatic carbocycles. The van der Waals surface area contributed by atoms with Crippen LogP contribution in [0.15, 0.2) is 47.4 Å². The maximum absolute atomic E-state index is 12.8. The predicted molar refractivity (Wildman–Crippen MR) is 106 cm³/mol. The number of piperidine rings is 1. The van der Waals surface area contributed by atoms with Gasteiger partial charge in [-0.3, -0.25) is 0 Å². The molecular weight excluding hydrogens is 392 g/mol. The first kappa shape index (κ1) is 20.8. The van der Waals surface area contributed by atoms with E-state index in [2.05, 4.69) is 6.92 Å². The van der Waals surface area contributed by atoms with Gasteiger partial charge in [-0.1, -0.05) is 6.92 Å². The number of esters is 1. The van der Waals surface area contributed by atoms with Gasteiger partial charge in [0, 0.05) is 19.2 Å². The zero-order valence-electron chi connectivity index (χ0n) is 16.3. The third-order valence-corrected chi connectivity index (χ3v) is 6.88. The second-order valence-electron chi connectivity index (χ2n) is 6.98. The number of ether oxygens (including phenoxy) is 2. The standard InChI is InChI=1S/C21H22N2O5S/c1-15-9-11-23(12-10-15)29(25,26)18-6-4-17(5-7-18)21(24)28-19-8-3-16(14-22)13-20(19)27-2/h3-8,13,15H,9-12H2,1-2H3. The van der Waals surface area contributed by atoms with E-state index in [1.807, 2.05) is 6.07 Å². The summed E-state index contributed by atoms with van der Waals surface area (Å²) >= 11 is 0. The fourth-order valence-corrected chi connectivity index (χ4v) is 4.59. The molecule has 29 heavy (non-hydrogen) atoms. The van der Waals surface area contributed by atoms with Gasteiger partial charge >= 0.3 is 5.97 Å². The van der Waals surface area contributed by atoms with Crippen molar-refractivity contribution >= 4 is 16.0 Å². The zero-order chi connectivity index (χ0) is 21.0. The number of carbonyl (C=O) groups is 1. The van der Waals surface area contributed by atoms with Crippen LogP contribution >= 0.6 is 0 Å². The monoisotopic (exact) mass is 414 g/mol. The van der Waals surface area contributed by atoms with Gasteiger partial charge < -0.3 is 9.47 Å². The van der Waals surface area contributed by atoms with Gasteiger partial charge in [-0.05, 0) is 55.2 Å². The molecule has 3 rings (SSSR count). The highest BCUT2D eigenvalue weighted by atomic mass is 32.2. The lowest BCUT2D eigenvalue weighted by Crippen LogP contribution is -2.37. The van der Waals surface area contributed by atoms with Crippen LogP contribution in [0.2, 0.25) is 0 Å². The number of sulfonamides is 1. The number of nitrogens with zero attached hydrogens (tertiary/aromatic N) is 2.